The van der Waals surface area contributed by atoms with Crippen LogP contribution in [0, 0.1) is 5.92 Å². The molecule has 5 nitrogen and oxygen atoms in total. The summed E-state index contributed by atoms with van der Waals surface area (Å²) in [6, 6.07) is 7.74. The van der Waals surface area contributed by atoms with E-state index >= 15 is 0 Å². The van der Waals surface area contributed by atoms with Crippen LogP contribution in [0.2, 0.25) is 0 Å². The lowest BCUT2D eigenvalue weighted by atomic mass is 10.1. The molecule has 2 atom stereocenters. The Hall–Kier alpha value is -1.69. The van der Waals surface area contributed by atoms with E-state index in [1.807, 2.05) is 31.2 Å². The van der Waals surface area contributed by atoms with Gasteiger partial charge in [-0.3, -0.25) is 9.59 Å². The molecule has 1 saturated heterocycles. The van der Waals surface area contributed by atoms with E-state index in [1.54, 1.807) is 23.8 Å². The number of carbonyl (C=O) groups is 2. The van der Waals surface area contributed by atoms with Crippen LogP contribution in [0.1, 0.15) is 38.1 Å². The topological polar surface area (TPSA) is 58.6 Å². The summed E-state index contributed by atoms with van der Waals surface area (Å²) >= 11 is 1.60. The highest BCUT2D eigenvalue weighted by atomic mass is 32.2. The number of hydrogen-bond donors (Lipinski definition) is 1. The third-order valence-corrected chi connectivity index (χ3v) is 5.32. The van der Waals surface area contributed by atoms with Gasteiger partial charge in [0.2, 0.25) is 11.8 Å². The van der Waals surface area contributed by atoms with Crippen molar-refractivity contribution in [3.63, 3.8) is 0 Å². The zero-order chi connectivity index (χ0) is 17.7. The summed E-state index contributed by atoms with van der Waals surface area (Å²) in [7, 11) is 1.63. The highest BCUT2D eigenvalue weighted by Crippen LogP contribution is 2.45. The lowest BCUT2D eigenvalue weighted by Crippen LogP contribution is -2.35. The number of amides is 2. The van der Waals surface area contributed by atoms with Gasteiger partial charge in [0.05, 0.1) is 12.4 Å². The van der Waals surface area contributed by atoms with Gasteiger partial charge in [0.1, 0.15) is 11.1 Å². The number of thioether (sulfide) groups is 1. The fourth-order valence-electron chi connectivity index (χ4n) is 2.64. The van der Waals surface area contributed by atoms with Crippen LogP contribution in [-0.2, 0) is 9.59 Å². The van der Waals surface area contributed by atoms with Crippen molar-refractivity contribution < 1.29 is 14.3 Å². The van der Waals surface area contributed by atoms with Crippen LogP contribution >= 0.6 is 11.8 Å². The maximum Gasteiger partial charge on any atom is 0.236 e. The minimum absolute atomic E-state index is 0.0140. The lowest BCUT2D eigenvalue weighted by Gasteiger charge is -2.25. The standard InChI is InChI=1S/C18H26N2O3S/c1-12(2)11-19-16(21)9-10-20-17(22)13(3)24-18(20)14-7-5-6-8-15(14)23-4/h5-8,12-13,18H,9-11H2,1-4H3,(H,19,21)/t13-,18-/m0/s1. The van der Waals surface area contributed by atoms with Gasteiger partial charge in [-0.2, -0.15) is 0 Å². The Morgan fingerprint density at radius 2 is 2.08 bits per heavy atom. The fraction of sp³-hybridized carbons (Fsp3) is 0.556. The normalized spacial score (nSPS) is 20.5. The highest BCUT2D eigenvalue weighted by molar-refractivity contribution is 8.01. The number of rotatable bonds is 7. The number of methoxy groups -OCH3 is 1. The first kappa shape index (κ1) is 18.6. The molecule has 0 aromatic heterocycles. The van der Waals surface area contributed by atoms with Gasteiger partial charge in [0.25, 0.3) is 0 Å². The van der Waals surface area contributed by atoms with E-state index in [4.69, 9.17) is 4.74 Å². The van der Waals surface area contributed by atoms with Crippen LogP contribution in [-0.4, -0.2) is 42.2 Å². The Bertz CT molecular complexity index is 591. The first-order valence-electron chi connectivity index (χ1n) is 8.29. The number of nitrogens with zero attached hydrogens (tertiary/aromatic N) is 1. The van der Waals surface area contributed by atoms with Gasteiger partial charge in [0, 0.05) is 25.1 Å². The van der Waals surface area contributed by atoms with Crippen molar-refractivity contribution in [1.29, 1.82) is 0 Å². The van der Waals surface area contributed by atoms with Crippen LogP contribution < -0.4 is 10.1 Å². The van der Waals surface area contributed by atoms with Crippen molar-refractivity contribution in [2.75, 3.05) is 20.2 Å². The number of hydrogen-bond acceptors (Lipinski definition) is 4. The minimum Gasteiger partial charge on any atom is -0.496 e. The molecule has 1 fully saturated rings. The Morgan fingerprint density at radius 3 is 2.75 bits per heavy atom. The maximum absolute atomic E-state index is 12.5. The molecule has 2 amide bonds. The number of nitrogens with one attached hydrogen (secondary N) is 1. The number of carbonyl (C=O) groups excluding carboxylic acids is 2. The van der Waals surface area contributed by atoms with Crippen LogP contribution in [0.4, 0.5) is 0 Å². The van der Waals surface area contributed by atoms with Gasteiger partial charge < -0.3 is 15.0 Å². The highest BCUT2D eigenvalue weighted by Gasteiger charge is 2.39. The zero-order valence-electron chi connectivity index (χ0n) is 14.7. The second-order valence-electron chi connectivity index (χ2n) is 6.35. The molecular formula is C18H26N2O3S. The predicted octanol–water partition coefficient (Wildman–Crippen LogP) is 2.82. The second kappa shape index (κ2) is 8.42. The van der Waals surface area contributed by atoms with E-state index in [1.165, 1.54) is 0 Å². The van der Waals surface area contributed by atoms with E-state index in [9.17, 15) is 9.59 Å². The molecule has 0 unspecified atom stereocenters. The molecule has 24 heavy (non-hydrogen) atoms. The van der Waals surface area contributed by atoms with Gasteiger partial charge in [-0.15, -0.1) is 11.8 Å². The zero-order valence-corrected chi connectivity index (χ0v) is 15.6. The maximum atomic E-state index is 12.5. The molecule has 6 heteroatoms. The lowest BCUT2D eigenvalue weighted by molar-refractivity contribution is -0.130. The summed E-state index contributed by atoms with van der Waals surface area (Å²) < 4.78 is 5.44. The van der Waals surface area contributed by atoms with Crippen molar-refractivity contribution in [3.8, 4) is 5.75 Å². The summed E-state index contributed by atoms with van der Waals surface area (Å²) in [5, 5.41) is 2.68. The van der Waals surface area contributed by atoms with Gasteiger partial charge in [-0.05, 0) is 18.9 Å². The van der Waals surface area contributed by atoms with Crippen molar-refractivity contribution in [3.05, 3.63) is 29.8 Å². The minimum atomic E-state index is -0.112. The van der Waals surface area contributed by atoms with E-state index in [0.717, 1.165) is 11.3 Å². The SMILES string of the molecule is COc1ccccc1[C@@H]1S[C@@H](C)C(=O)N1CCC(=O)NCC(C)C. The first-order valence-corrected chi connectivity index (χ1v) is 9.23. The first-order chi connectivity index (χ1) is 11.4. The van der Waals surface area contributed by atoms with Crippen LogP contribution in [0.15, 0.2) is 24.3 Å². The summed E-state index contributed by atoms with van der Waals surface area (Å²) in [4.78, 5) is 26.3. The van der Waals surface area contributed by atoms with Gasteiger partial charge in [-0.1, -0.05) is 32.0 Å². The van der Waals surface area contributed by atoms with E-state index in [0.29, 0.717) is 25.4 Å². The van der Waals surface area contributed by atoms with Crippen LogP contribution in [0.25, 0.3) is 0 Å². The molecule has 1 N–H and O–H groups in total. The number of ether oxygens (including phenoxy) is 1. The third-order valence-electron chi connectivity index (χ3n) is 3.94. The fourth-order valence-corrected chi connectivity index (χ4v) is 3.98. The Morgan fingerprint density at radius 1 is 1.38 bits per heavy atom. The molecule has 0 saturated carbocycles. The molecule has 1 aromatic carbocycles. The summed E-state index contributed by atoms with van der Waals surface area (Å²) in [6.07, 6.45) is 0.317. The molecule has 132 valence electrons. The summed E-state index contributed by atoms with van der Waals surface area (Å²) in [5.41, 5.74) is 0.977. The number of para-hydroxylation sites is 1. The average Bonchev–Trinajstić information content (AvgIpc) is 2.85. The van der Waals surface area contributed by atoms with Gasteiger partial charge >= 0.3 is 0 Å². The van der Waals surface area contributed by atoms with Crippen molar-refractivity contribution in [2.45, 2.75) is 37.8 Å². The van der Waals surface area contributed by atoms with Crippen molar-refractivity contribution in [1.82, 2.24) is 10.2 Å². The third kappa shape index (κ3) is 4.44. The van der Waals surface area contributed by atoms with Crippen molar-refractivity contribution >= 4 is 23.6 Å². The molecule has 0 radical (unpaired) electrons. The largest absolute Gasteiger partial charge is 0.496 e. The smallest absolute Gasteiger partial charge is 0.236 e. The molecule has 1 aliphatic heterocycles. The van der Waals surface area contributed by atoms with E-state index in [-0.39, 0.29) is 22.4 Å². The summed E-state index contributed by atoms with van der Waals surface area (Å²) in [6.45, 7) is 7.10. The summed E-state index contributed by atoms with van der Waals surface area (Å²) in [5.74, 6) is 1.25. The van der Waals surface area contributed by atoms with Gasteiger partial charge in [-0.25, -0.2) is 0 Å². The predicted molar refractivity (Wildman–Crippen MR) is 97.0 cm³/mol. The molecular weight excluding hydrogens is 324 g/mol. The molecule has 0 aliphatic carbocycles. The molecule has 1 heterocycles. The molecule has 0 bridgehead atoms. The number of benzene rings is 1. The van der Waals surface area contributed by atoms with Crippen LogP contribution in [0.5, 0.6) is 5.75 Å². The Labute approximate surface area is 148 Å². The average molecular weight is 350 g/mol. The Kier molecular flexibility index (Phi) is 6.54. The van der Waals surface area contributed by atoms with E-state index < -0.39 is 0 Å². The quantitative estimate of drug-likeness (QED) is 0.821. The Balaban J connectivity index is 2.08. The molecule has 1 aliphatic rings. The molecule has 0 spiro atoms. The van der Waals surface area contributed by atoms with Crippen molar-refractivity contribution in [2.24, 2.45) is 5.92 Å². The molecule has 1 aromatic rings. The van der Waals surface area contributed by atoms with Gasteiger partial charge in [0.15, 0.2) is 0 Å². The molecule has 2 rings (SSSR count). The second-order valence-corrected chi connectivity index (χ2v) is 7.78. The van der Waals surface area contributed by atoms with E-state index in [2.05, 4.69) is 19.2 Å². The monoisotopic (exact) mass is 350 g/mol. The van der Waals surface area contributed by atoms with Crippen LogP contribution in [0.3, 0.4) is 0 Å².